The first-order valence-corrected chi connectivity index (χ1v) is 6.04. The fourth-order valence-corrected chi connectivity index (χ4v) is 2.44. The Hall–Kier alpha value is -1.75. The largest absolute Gasteiger partial charge is 0.465 e. The molecular weight excluding hydrogens is 238 g/mol. The van der Waals surface area contributed by atoms with E-state index < -0.39 is 5.97 Å². The molecule has 0 aliphatic carbocycles. The van der Waals surface area contributed by atoms with Crippen molar-refractivity contribution < 1.29 is 13.9 Å². The summed E-state index contributed by atoms with van der Waals surface area (Å²) in [4.78, 5) is 12.7. The van der Waals surface area contributed by atoms with Gasteiger partial charge in [-0.3, -0.25) is 0 Å². The molecule has 17 heavy (non-hydrogen) atoms. The first-order valence-electron chi connectivity index (χ1n) is 5.22. The van der Waals surface area contributed by atoms with Crippen LogP contribution in [-0.4, -0.2) is 13.1 Å². The van der Waals surface area contributed by atoms with Crippen molar-refractivity contribution in [1.82, 2.24) is 0 Å². The van der Waals surface area contributed by atoms with Crippen molar-refractivity contribution in [1.29, 1.82) is 0 Å². The molecule has 2 aromatic rings. The minimum absolute atomic E-state index is 0.414. The molecule has 0 unspecified atom stereocenters. The van der Waals surface area contributed by atoms with Crippen LogP contribution in [0.25, 0.3) is 10.6 Å². The monoisotopic (exact) mass is 251 g/mol. The molecule has 2 N–H and O–H groups in total. The second-order valence-corrected chi connectivity index (χ2v) is 4.56. The van der Waals surface area contributed by atoms with Crippen molar-refractivity contribution in [2.45, 2.75) is 13.3 Å². The van der Waals surface area contributed by atoms with Crippen LogP contribution in [0.15, 0.2) is 22.6 Å². The number of nitrogen functional groups attached to an aromatic ring is 1. The van der Waals surface area contributed by atoms with E-state index in [9.17, 15) is 4.79 Å². The Morgan fingerprint density at radius 2 is 2.29 bits per heavy atom. The smallest absolute Gasteiger partial charge is 0.350 e. The number of aryl methyl sites for hydroxylation is 1. The summed E-state index contributed by atoms with van der Waals surface area (Å²) in [6, 6.07) is 5.53. The molecule has 0 spiro atoms. The minimum atomic E-state index is -0.416. The molecule has 0 fully saturated rings. The van der Waals surface area contributed by atoms with Crippen molar-refractivity contribution in [3.05, 3.63) is 28.8 Å². The van der Waals surface area contributed by atoms with Crippen molar-refractivity contribution >= 4 is 23.0 Å². The molecule has 90 valence electrons. The lowest BCUT2D eigenvalue weighted by atomic mass is 10.3. The quantitative estimate of drug-likeness (QED) is 0.852. The van der Waals surface area contributed by atoms with Gasteiger partial charge in [0.15, 0.2) is 0 Å². The lowest BCUT2D eigenvalue weighted by Gasteiger charge is -1.94. The van der Waals surface area contributed by atoms with Crippen LogP contribution >= 0.6 is 11.3 Å². The highest BCUT2D eigenvalue weighted by atomic mass is 32.1. The fraction of sp³-hybridized carbons (Fsp3) is 0.250. The molecular formula is C12H13NO3S. The first kappa shape index (κ1) is 11.7. The van der Waals surface area contributed by atoms with Crippen LogP contribution in [0.4, 0.5) is 5.69 Å². The van der Waals surface area contributed by atoms with Crippen LogP contribution in [0.3, 0.4) is 0 Å². The number of carbonyl (C=O) groups excluding carboxylic acids is 1. The summed E-state index contributed by atoms with van der Waals surface area (Å²) in [5, 5.41) is 0. The highest BCUT2D eigenvalue weighted by Gasteiger charge is 2.17. The fourth-order valence-electron chi connectivity index (χ4n) is 1.48. The summed E-state index contributed by atoms with van der Waals surface area (Å²) in [5.74, 6) is 1.22. The summed E-state index contributed by atoms with van der Waals surface area (Å²) in [6.07, 6.45) is 0.838. The Bertz CT molecular complexity index is 542. The molecule has 0 atom stereocenters. The van der Waals surface area contributed by atoms with Crippen LogP contribution in [-0.2, 0) is 11.2 Å². The van der Waals surface area contributed by atoms with E-state index in [0.29, 0.717) is 10.6 Å². The Kier molecular flexibility index (Phi) is 3.19. The van der Waals surface area contributed by atoms with Gasteiger partial charge in [-0.15, -0.1) is 11.3 Å². The molecule has 5 heteroatoms. The summed E-state index contributed by atoms with van der Waals surface area (Å²) in [7, 11) is 1.34. The Morgan fingerprint density at radius 1 is 1.53 bits per heavy atom. The molecule has 0 aromatic carbocycles. The number of furan rings is 1. The molecule has 0 bridgehead atoms. The van der Waals surface area contributed by atoms with E-state index in [1.54, 1.807) is 6.07 Å². The standard InChI is InChI=1S/C12H13NO3S/c1-3-7-4-5-9(16-7)10-6-8(13)11(17-10)12(14)15-2/h4-6H,3,13H2,1-2H3. The molecule has 4 nitrogen and oxygen atoms in total. The van der Waals surface area contributed by atoms with Gasteiger partial charge in [0.1, 0.15) is 16.4 Å². The normalized spacial score (nSPS) is 10.5. The van der Waals surface area contributed by atoms with Gasteiger partial charge in [-0.1, -0.05) is 6.92 Å². The zero-order chi connectivity index (χ0) is 12.4. The Labute approximate surface area is 103 Å². The number of carbonyl (C=O) groups is 1. The minimum Gasteiger partial charge on any atom is -0.465 e. The van der Waals surface area contributed by atoms with Crippen LogP contribution < -0.4 is 5.73 Å². The number of methoxy groups -OCH3 is 1. The zero-order valence-electron chi connectivity index (χ0n) is 9.65. The van der Waals surface area contributed by atoms with Crippen LogP contribution in [0.2, 0.25) is 0 Å². The summed E-state index contributed by atoms with van der Waals surface area (Å²) in [5.41, 5.74) is 6.18. The van der Waals surface area contributed by atoms with E-state index in [-0.39, 0.29) is 0 Å². The van der Waals surface area contributed by atoms with Gasteiger partial charge in [0.2, 0.25) is 0 Å². The number of esters is 1. The highest BCUT2D eigenvalue weighted by molar-refractivity contribution is 7.17. The average molecular weight is 251 g/mol. The van der Waals surface area contributed by atoms with Gasteiger partial charge in [-0.2, -0.15) is 0 Å². The van der Waals surface area contributed by atoms with E-state index in [1.165, 1.54) is 18.4 Å². The zero-order valence-corrected chi connectivity index (χ0v) is 10.5. The number of rotatable bonds is 3. The summed E-state index contributed by atoms with van der Waals surface area (Å²) in [6.45, 7) is 2.02. The van der Waals surface area contributed by atoms with Gasteiger partial charge >= 0.3 is 5.97 Å². The van der Waals surface area contributed by atoms with E-state index in [1.807, 2.05) is 19.1 Å². The molecule has 0 amide bonds. The number of ether oxygens (including phenoxy) is 1. The Balaban J connectivity index is 2.37. The second-order valence-electron chi connectivity index (χ2n) is 3.51. The van der Waals surface area contributed by atoms with Gasteiger partial charge in [-0.25, -0.2) is 4.79 Å². The Morgan fingerprint density at radius 3 is 2.88 bits per heavy atom. The molecule has 0 saturated carbocycles. The second kappa shape index (κ2) is 4.63. The molecule has 2 rings (SSSR count). The van der Waals surface area contributed by atoms with Crippen LogP contribution in [0.5, 0.6) is 0 Å². The van der Waals surface area contributed by atoms with Gasteiger partial charge in [0, 0.05) is 6.42 Å². The maximum Gasteiger partial charge on any atom is 0.350 e. The SMILES string of the molecule is CCc1ccc(-c2cc(N)c(C(=O)OC)s2)o1. The lowest BCUT2D eigenvalue weighted by Crippen LogP contribution is -2.00. The molecule has 0 aliphatic rings. The van der Waals surface area contributed by atoms with Crippen molar-refractivity contribution in [3.63, 3.8) is 0 Å². The summed E-state index contributed by atoms with van der Waals surface area (Å²) < 4.78 is 10.3. The van der Waals surface area contributed by atoms with E-state index >= 15 is 0 Å². The number of thiophene rings is 1. The summed E-state index contributed by atoms with van der Waals surface area (Å²) >= 11 is 1.28. The van der Waals surface area contributed by atoms with Gasteiger partial charge in [0.05, 0.1) is 17.7 Å². The average Bonchev–Trinajstić information content (AvgIpc) is 2.94. The molecule has 0 saturated heterocycles. The third-order valence-corrected chi connectivity index (χ3v) is 3.53. The number of nitrogens with two attached hydrogens (primary N) is 1. The van der Waals surface area contributed by atoms with Gasteiger partial charge in [0.25, 0.3) is 0 Å². The topological polar surface area (TPSA) is 65.5 Å². The highest BCUT2D eigenvalue weighted by Crippen LogP contribution is 2.34. The third-order valence-electron chi connectivity index (χ3n) is 2.38. The van der Waals surface area contributed by atoms with Crippen molar-refractivity contribution in [2.24, 2.45) is 0 Å². The predicted molar refractivity (Wildman–Crippen MR) is 67.2 cm³/mol. The van der Waals surface area contributed by atoms with E-state index in [2.05, 4.69) is 4.74 Å². The van der Waals surface area contributed by atoms with Crippen LogP contribution in [0, 0.1) is 0 Å². The maximum atomic E-state index is 11.4. The van der Waals surface area contributed by atoms with Crippen molar-refractivity contribution in [3.8, 4) is 10.6 Å². The lowest BCUT2D eigenvalue weighted by molar-refractivity contribution is 0.0607. The van der Waals surface area contributed by atoms with E-state index in [4.69, 9.17) is 10.2 Å². The maximum absolute atomic E-state index is 11.4. The molecule has 0 aliphatic heterocycles. The molecule has 2 aromatic heterocycles. The number of hydrogen-bond acceptors (Lipinski definition) is 5. The molecule has 0 radical (unpaired) electrons. The van der Waals surface area contributed by atoms with Gasteiger partial charge < -0.3 is 14.9 Å². The number of anilines is 1. The number of hydrogen-bond donors (Lipinski definition) is 1. The molecule has 2 heterocycles. The third kappa shape index (κ3) is 2.19. The van der Waals surface area contributed by atoms with Crippen molar-refractivity contribution in [2.75, 3.05) is 12.8 Å². The predicted octanol–water partition coefficient (Wildman–Crippen LogP) is 2.94. The first-order chi connectivity index (χ1) is 8.15. The van der Waals surface area contributed by atoms with Gasteiger partial charge in [-0.05, 0) is 18.2 Å². The van der Waals surface area contributed by atoms with E-state index in [0.717, 1.165) is 22.8 Å². The van der Waals surface area contributed by atoms with Crippen LogP contribution in [0.1, 0.15) is 22.4 Å².